The van der Waals surface area contributed by atoms with E-state index in [0.717, 1.165) is 24.0 Å². The summed E-state index contributed by atoms with van der Waals surface area (Å²) in [4.78, 5) is 0. The Balaban J connectivity index is 3.11. The van der Waals surface area contributed by atoms with E-state index in [1.165, 1.54) is 0 Å². The fraction of sp³-hybridized carbons (Fsp3) is 0.765. The molecule has 0 saturated carbocycles. The van der Waals surface area contributed by atoms with Gasteiger partial charge < -0.3 is 14.9 Å². The van der Waals surface area contributed by atoms with E-state index in [0.29, 0.717) is 0 Å². The predicted octanol–water partition coefficient (Wildman–Crippen LogP) is 2.74. The molecule has 2 N–H and O–H groups in total. The second-order valence-electron chi connectivity index (χ2n) is 7.65. The summed E-state index contributed by atoms with van der Waals surface area (Å²) in [6.45, 7) is 12.6. The van der Waals surface area contributed by atoms with Crippen LogP contribution in [0.4, 0.5) is 0 Å². The maximum atomic E-state index is 10.6. The largest absolute Gasteiger partial charge is 0.385 e. The zero-order chi connectivity index (χ0) is 16.4. The maximum absolute atomic E-state index is 10.6. The van der Waals surface area contributed by atoms with Crippen LogP contribution in [-0.2, 0) is 4.74 Å². The molecule has 1 aliphatic carbocycles. The van der Waals surface area contributed by atoms with Crippen LogP contribution in [0, 0.1) is 16.9 Å². The Bertz CT molecular complexity index is 463. The Kier molecular flexibility index (Phi) is 5.85. The molecule has 4 heteroatoms. The molecule has 0 heterocycles. The van der Waals surface area contributed by atoms with Crippen LogP contribution in [0.15, 0.2) is 11.1 Å². The minimum absolute atomic E-state index is 0.0276. The fourth-order valence-corrected chi connectivity index (χ4v) is 3.59. The van der Waals surface area contributed by atoms with Crippen molar-refractivity contribution >= 4 is 8.07 Å². The van der Waals surface area contributed by atoms with Crippen molar-refractivity contribution in [3.05, 3.63) is 11.1 Å². The van der Waals surface area contributed by atoms with Crippen molar-refractivity contribution in [2.45, 2.75) is 71.6 Å². The highest BCUT2D eigenvalue weighted by molar-refractivity contribution is 6.83. The lowest BCUT2D eigenvalue weighted by Crippen LogP contribution is -2.39. The summed E-state index contributed by atoms with van der Waals surface area (Å²) in [6.07, 6.45) is -0.0655. The Hall–Kier alpha value is -0.603. The monoisotopic (exact) mass is 310 g/mol. The van der Waals surface area contributed by atoms with E-state index in [1.54, 1.807) is 7.11 Å². The fourth-order valence-electron chi connectivity index (χ4n) is 3.01. The quantitative estimate of drug-likeness (QED) is 0.479. The summed E-state index contributed by atoms with van der Waals surface area (Å²) in [6, 6.07) is 0. The molecule has 0 fully saturated rings. The minimum atomic E-state index is -1.56. The molecule has 1 aliphatic rings. The van der Waals surface area contributed by atoms with Crippen molar-refractivity contribution in [3.8, 4) is 11.5 Å². The van der Waals surface area contributed by atoms with Gasteiger partial charge in [0.1, 0.15) is 20.3 Å². The van der Waals surface area contributed by atoms with Crippen LogP contribution in [0.25, 0.3) is 0 Å². The topological polar surface area (TPSA) is 49.7 Å². The summed E-state index contributed by atoms with van der Waals surface area (Å²) in [7, 11) is 0.131. The molecule has 0 amide bonds. The van der Waals surface area contributed by atoms with Gasteiger partial charge in [0.05, 0.1) is 6.10 Å². The van der Waals surface area contributed by atoms with E-state index in [4.69, 9.17) is 4.74 Å². The molecule has 0 aliphatic heterocycles. The molecular formula is C17H30O3Si. The number of aliphatic hydroxyl groups excluding tert-OH is 2. The SMILES string of the molecule is CO[C@H]1CCC(C)(C)C([C@@H](O)[C@@H](O)C#C[Si](C)(C)C)=C1C. The number of hydrogen-bond donors (Lipinski definition) is 2. The third-order valence-corrected chi connectivity index (χ3v) is 5.04. The summed E-state index contributed by atoms with van der Waals surface area (Å²) in [5, 5.41) is 20.9. The summed E-state index contributed by atoms with van der Waals surface area (Å²) in [5.74, 6) is 2.85. The molecule has 3 atom stereocenters. The molecule has 0 unspecified atom stereocenters. The first kappa shape index (κ1) is 18.4. The first-order valence-electron chi connectivity index (χ1n) is 7.62. The van der Waals surface area contributed by atoms with Crippen LogP contribution in [0.3, 0.4) is 0 Å². The molecular weight excluding hydrogens is 280 g/mol. The van der Waals surface area contributed by atoms with Crippen molar-refractivity contribution in [1.29, 1.82) is 0 Å². The standard InChI is InChI=1S/C17H30O3Si/c1-12-14(20-4)8-10-17(2,3)15(12)16(19)13(18)9-11-21(5,6)7/h13-14,16,18-19H,8,10H2,1-7H3/t13-,14-,16-/m0/s1. The number of aliphatic hydroxyl groups is 2. The Labute approximate surface area is 130 Å². The summed E-state index contributed by atoms with van der Waals surface area (Å²) < 4.78 is 5.49. The Morgan fingerprint density at radius 2 is 1.86 bits per heavy atom. The average Bonchev–Trinajstić information content (AvgIpc) is 2.34. The molecule has 0 bridgehead atoms. The van der Waals surface area contributed by atoms with E-state index in [9.17, 15) is 10.2 Å². The van der Waals surface area contributed by atoms with Gasteiger partial charge in [0.25, 0.3) is 0 Å². The third-order valence-electron chi connectivity index (χ3n) is 4.14. The highest BCUT2D eigenvalue weighted by atomic mass is 28.3. The van der Waals surface area contributed by atoms with Crippen molar-refractivity contribution in [2.24, 2.45) is 5.41 Å². The zero-order valence-electron chi connectivity index (χ0n) is 14.4. The molecule has 0 aromatic heterocycles. The smallest absolute Gasteiger partial charge is 0.143 e. The number of ether oxygens (including phenoxy) is 1. The lowest BCUT2D eigenvalue weighted by molar-refractivity contribution is 0.0446. The molecule has 0 aromatic rings. The van der Waals surface area contributed by atoms with Crippen LogP contribution in [-0.4, -0.2) is 43.7 Å². The van der Waals surface area contributed by atoms with E-state index in [1.807, 2.05) is 6.92 Å². The third kappa shape index (κ3) is 4.69. The summed E-state index contributed by atoms with van der Waals surface area (Å²) >= 11 is 0. The number of hydrogen-bond acceptors (Lipinski definition) is 3. The van der Waals surface area contributed by atoms with Gasteiger partial charge in [-0.3, -0.25) is 0 Å². The first-order chi connectivity index (χ1) is 9.49. The maximum Gasteiger partial charge on any atom is 0.143 e. The van der Waals surface area contributed by atoms with Gasteiger partial charge in [0.2, 0.25) is 0 Å². The first-order valence-corrected chi connectivity index (χ1v) is 11.1. The highest BCUT2D eigenvalue weighted by Gasteiger charge is 2.38. The van der Waals surface area contributed by atoms with Gasteiger partial charge in [0, 0.05) is 7.11 Å². The second kappa shape index (κ2) is 6.66. The molecule has 3 nitrogen and oxygen atoms in total. The van der Waals surface area contributed by atoms with Gasteiger partial charge in [-0.25, -0.2) is 0 Å². The highest BCUT2D eigenvalue weighted by Crippen LogP contribution is 2.43. The normalized spacial score (nSPS) is 25.1. The van der Waals surface area contributed by atoms with Gasteiger partial charge in [0.15, 0.2) is 0 Å². The van der Waals surface area contributed by atoms with E-state index >= 15 is 0 Å². The van der Waals surface area contributed by atoms with Crippen LogP contribution >= 0.6 is 0 Å². The van der Waals surface area contributed by atoms with E-state index < -0.39 is 20.3 Å². The Morgan fingerprint density at radius 3 is 2.33 bits per heavy atom. The lowest BCUT2D eigenvalue weighted by atomic mass is 9.69. The molecule has 0 spiro atoms. The molecule has 0 radical (unpaired) electrons. The van der Waals surface area contributed by atoms with Gasteiger partial charge in [-0.2, -0.15) is 0 Å². The summed E-state index contributed by atoms with van der Waals surface area (Å²) in [5.41, 5.74) is 4.92. The van der Waals surface area contributed by atoms with Crippen LogP contribution in [0.2, 0.25) is 19.6 Å². The van der Waals surface area contributed by atoms with Gasteiger partial charge in [-0.05, 0) is 36.3 Å². The van der Waals surface area contributed by atoms with Gasteiger partial charge in [-0.1, -0.05) is 39.4 Å². The molecule has 120 valence electrons. The van der Waals surface area contributed by atoms with Crippen molar-refractivity contribution in [2.75, 3.05) is 7.11 Å². The molecule has 0 saturated heterocycles. The van der Waals surface area contributed by atoms with Crippen molar-refractivity contribution in [1.82, 2.24) is 0 Å². The van der Waals surface area contributed by atoms with Crippen LogP contribution in [0.5, 0.6) is 0 Å². The Morgan fingerprint density at radius 1 is 1.29 bits per heavy atom. The lowest BCUT2D eigenvalue weighted by Gasteiger charge is -2.40. The number of methoxy groups -OCH3 is 1. The average molecular weight is 311 g/mol. The van der Waals surface area contributed by atoms with Gasteiger partial charge >= 0.3 is 0 Å². The van der Waals surface area contributed by atoms with Crippen molar-refractivity contribution in [3.63, 3.8) is 0 Å². The van der Waals surface area contributed by atoms with Crippen LogP contribution in [0.1, 0.15) is 33.6 Å². The molecule has 21 heavy (non-hydrogen) atoms. The number of rotatable bonds is 3. The molecule has 1 rings (SSSR count). The predicted molar refractivity (Wildman–Crippen MR) is 89.6 cm³/mol. The zero-order valence-corrected chi connectivity index (χ0v) is 15.4. The van der Waals surface area contributed by atoms with Crippen LogP contribution < -0.4 is 0 Å². The molecule has 0 aromatic carbocycles. The van der Waals surface area contributed by atoms with E-state index in [-0.39, 0.29) is 11.5 Å². The van der Waals surface area contributed by atoms with E-state index in [2.05, 4.69) is 45.0 Å². The second-order valence-corrected chi connectivity index (χ2v) is 12.4. The minimum Gasteiger partial charge on any atom is -0.385 e. The van der Waals surface area contributed by atoms with Crippen molar-refractivity contribution < 1.29 is 14.9 Å². The van der Waals surface area contributed by atoms with Gasteiger partial charge in [-0.15, -0.1) is 5.54 Å².